The summed E-state index contributed by atoms with van der Waals surface area (Å²) in [5.41, 5.74) is 3.64. The lowest BCUT2D eigenvalue weighted by atomic mass is 9.47. The van der Waals surface area contributed by atoms with Gasteiger partial charge in [-0.05, 0) is 73.5 Å². The van der Waals surface area contributed by atoms with Crippen molar-refractivity contribution in [3.63, 3.8) is 0 Å². The molecule has 4 aliphatic rings. The molecular formula is C24H36O3. The molecule has 2 saturated carbocycles. The van der Waals surface area contributed by atoms with Crippen molar-refractivity contribution < 1.29 is 14.6 Å². The van der Waals surface area contributed by atoms with Crippen molar-refractivity contribution in [2.45, 2.75) is 78.7 Å². The monoisotopic (exact) mass is 372 g/mol. The Hall–Kier alpha value is -1.09. The number of carbonyl (C=O) groups excluding carboxylic acids is 1. The highest BCUT2D eigenvalue weighted by Gasteiger charge is 2.57. The average molecular weight is 373 g/mol. The van der Waals surface area contributed by atoms with E-state index in [9.17, 15) is 9.90 Å². The van der Waals surface area contributed by atoms with Gasteiger partial charge in [0.1, 0.15) is 0 Å². The molecule has 150 valence electrons. The van der Waals surface area contributed by atoms with E-state index in [0.717, 1.165) is 31.1 Å². The van der Waals surface area contributed by atoms with Crippen LogP contribution in [-0.2, 0) is 9.53 Å². The third-order valence-electron chi connectivity index (χ3n) is 8.79. The minimum Gasteiger partial charge on any atom is -0.465 e. The Bertz CT molecular complexity index is 677. The largest absolute Gasteiger partial charge is 0.465 e. The van der Waals surface area contributed by atoms with E-state index in [2.05, 4.69) is 32.9 Å². The van der Waals surface area contributed by atoms with Crippen LogP contribution in [0.15, 0.2) is 23.3 Å². The average Bonchev–Trinajstić information content (AvgIpc) is 2.97. The maximum atomic E-state index is 11.2. The number of aliphatic hydroxyl groups is 1. The summed E-state index contributed by atoms with van der Waals surface area (Å²) >= 11 is 0. The van der Waals surface area contributed by atoms with Crippen LogP contribution >= 0.6 is 0 Å². The van der Waals surface area contributed by atoms with Crippen molar-refractivity contribution in [1.82, 2.24) is 0 Å². The predicted molar refractivity (Wildman–Crippen MR) is 107 cm³/mol. The van der Waals surface area contributed by atoms with Crippen LogP contribution in [-0.4, -0.2) is 23.8 Å². The highest BCUT2D eigenvalue weighted by atomic mass is 16.5. The van der Waals surface area contributed by atoms with Gasteiger partial charge in [0.05, 0.1) is 12.7 Å². The summed E-state index contributed by atoms with van der Waals surface area (Å²) in [5.74, 6) is 2.37. The van der Waals surface area contributed by atoms with Crippen molar-refractivity contribution in [2.24, 2.45) is 34.5 Å². The summed E-state index contributed by atoms with van der Waals surface area (Å²) in [5, 5.41) is 10.2. The summed E-state index contributed by atoms with van der Waals surface area (Å²) in [7, 11) is 0. The predicted octanol–water partition coefficient (Wildman–Crippen LogP) is 5.05. The van der Waals surface area contributed by atoms with Crippen molar-refractivity contribution in [3.05, 3.63) is 23.3 Å². The molecule has 0 aromatic heterocycles. The Kier molecular flexibility index (Phi) is 4.81. The fraction of sp³-hybridized carbons (Fsp3) is 0.792. The number of hydrogen-bond donors (Lipinski definition) is 1. The zero-order valence-corrected chi connectivity index (χ0v) is 17.5. The number of aliphatic hydroxyl groups excluding tert-OH is 1. The van der Waals surface area contributed by atoms with Gasteiger partial charge in [-0.3, -0.25) is 4.79 Å². The summed E-state index contributed by atoms with van der Waals surface area (Å²) in [4.78, 5) is 11.2. The lowest BCUT2D eigenvalue weighted by Crippen LogP contribution is -2.50. The first-order valence-electron chi connectivity index (χ1n) is 11.0. The van der Waals surface area contributed by atoms with Gasteiger partial charge in [-0.2, -0.15) is 0 Å². The minimum atomic E-state index is -0.178. The second-order valence-electron chi connectivity index (χ2n) is 10.2. The molecule has 1 unspecified atom stereocenters. The quantitative estimate of drug-likeness (QED) is 0.557. The molecule has 0 bridgehead atoms. The maximum absolute atomic E-state index is 11.2. The van der Waals surface area contributed by atoms with Crippen molar-refractivity contribution in [3.8, 4) is 0 Å². The zero-order chi connectivity index (χ0) is 19.4. The highest BCUT2D eigenvalue weighted by Crippen LogP contribution is 2.65. The summed E-state index contributed by atoms with van der Waals surface area (Å²) in [6, 6.07) is 0. The molecule has 0 aliphatic heterocycles. The third-order valence-corrected chi connectivity index (χ3v) is 8.79. The molecule has 0 spiro atoms. The Labute approximate surface area is 164 Å². The van der Waals surface area contributed by atoms with Gasteiger partial charge in [0.2, 0.25) is 0 Å². The van der Waals surface area contributed by atoms with E-state index in [-0.39, 0.29) is 17.5 Å². The van der Waals surface area contributed by atoms with Gasteiger partial charge < -0.3 is 9.84 Å². The van der Waals surface area contributed by atoms with Gasteiger partial charge in [-0.15, -0.1) is 0 Å². The van der Waals surface area contributed by atoms with E-state index in [4.69, 9.17) is 4.74 Å². The second kappa shape index (κ2) is 6.76. The van der Waals surface area contributed by atoms with Crippen LogP contribution < -0.4 is 0 Å². The molecule has 1 N–H and O–H groups in total. The Morgan fingerprint density at radius 1 is 1.19 bits per heavy atom. The molecule has 0 radical (unpaired) electrons. The van der Waals surface area contributed by atoms with Crippen molar-refractivity contribution >= 4 is 5.97 Å². The van der Waals surface area contributed by atoms with Crippen LogP contribution in [0.3, 0.4) is 0 Å². The topological polar surface area (TPSA) is 46.5 Å². The zero-order valence-electron chi connectivity index (χ0n) is 17.5. The smallest absolute Gasteiger partial charge is 0.302 e. The molecule has 4 aliphatic carbocycles. The normalized spacial score (nSPS) is 44.3. The summed E-state index contributed by atoms with van der Waals surface area (Å²) < 4.78 is 5.33. The maximum Gasteiger partial charge on any atom is 0.302 e. The molecular weight excluding hydrogens is 336 g/mol. The van der Waals surface area contributed by atoms with E-state index in [1.165, 1.54) is 38.2 Å². The molecule has 27 heavy (non-hydrogen) atoms. The Balaban J connectivity index is 1.55. The van der Waals surface area contributed by atoms with Crippen molar-refractivity contribution in [2.75, 3.05) is 6.61 Å². The van der Waals surface area contributed by atoms with Crippen LogP contribution in [0.5, 0.6) is 0 Å². The highest BCUT2D eigenvalue weighted by molar-refractivity contribution is 5.65. The molecule has 0 aromatic rings. The fourth-order valence-electron chi connectivity index (χ4n) is 7.34. The molecule has 2 fully saturated rings. The molecule has 4 rings (SSSR count). The molecule has 0 aromatic carbocycles. The van der Waals surface area contributed by atoms with Crippen LogP contribution in [0, 0.1) is 34.5 Å². The number of ether oxygens (including phenoxy) is 1. The number of hydrogen-bond acceptors (Lipinski definition) is 3. The third kappa shape index (κ3) is 3.01. The van der Waals surface area contributed by atoms with Gasteiger partial charge in [0, 0.05) is 12.8 Å². The number of rotatable bonds is 3. The van der Waals surface area contributed by atoms with Gasteiger partial charge in [-0.25, -0.2) is 0 Å². The number of allylic oxidation sites excluding steroid dienone is 2. The molecule has 0 heterocycles. The van der Waals surface area contributed by atoms with Gasteiger partial charge in [0.15, 0.2) is 0 Å². The fourth-order valence-corrected chi connectivity index (χ4v) is 7.34. The molecule has 3 nitrogen and oxygen atoms in total. The molecule has 0 saturated heterocycles. The van der Waals surface area contributed by atoms with E-state index in [0.29, 0.717) is 23.9 Å². The van der Waals surface area contributed by atoms with Crippen LogP contribution in [0.2, 0.25) is 0 Å². The molecule has 3 heteroatoms. The Morgan fingerprint density at radius 3 is 2.67 bits per heavy atom. The SMILES string of the molecule is CC(=O)OC[C@@H](C)C1=CC[C@H]2[C@@H]3CC=C4CC(O)CC[C@]4(C)[C@H]3CC[C@]12C. The second-order valence-corrected chi connectivity index (χ2v) is 10.2. The van der Waals surface area contributed by atoms with Crippen LogP contribution in [0.1, 0.15) is 72.6 Å². The van der Waals surface area contributed by atoms with Gasteiger partial charge in [0.25, 0.3) is 0 Å². The first-order valence-corrected chi connectivity index (χ1v) is 11.0. The minimum absolute atomic E-state index is 0.128. The van der Waals surface area contributed by atoms with Gasteiger partial charge in [-0.1, -0.05) is 44.1 Å². The number of fused-ring (bicyclic) bond motifs is 5. The standard InChI is InChI=1S/C24H36O3/c1-15(14-27-16(2)25)20-7-8-21-19-6-5-17-13-18(26)9-11-23(17,3)22(19)10-12-24(20,21)4/h5,7,15,18-19,21-22,26H,6,8-14H2,1-4H3/t15-,18?,19+,21+,22+,23+,24-/m1/s1. The molecule has 0 amide bonds. The van der Waals surface area contributed by atoms with Gasteiger partial charge >= 0.3 is 5.97 Å². The lowest BCUT2D eigenvalue weighted by Gasteiger charge is -2.58. The van der Waals surface area contributed by atoms with Crippen LogP contribution in [0.25, 0.3) is 0 Å². The summed E-state index contributed by atoms with van der Waals surface area (Å²) in [6.45, 7) is 9.19. The van der Waals surface area contributed by atoms with E-state index in [1.54, 1.807) is 5.57 Å². The number of carbonyl (C=O) groups is 1. The number of esters is 1. The lowest BCUT2D eigenvalue weighted by molar-refractivity contribution is -0.142. The van der Waals surface area contributed by atoms with E-state index in [1.807, 2.05) is 0 Å². The van der Waals surface area contributed by atoms with E-state index >= 15 is 0 Å². The Morgan fingerprint density at radius 2 is 1.93 bits per heavy atom. The van der Waals surface area contributed by atoms with Crippen LogP contribution in [0.4, 0.5) is 0 Å². The molecule has 7 atom stereocenters. The van der Waals surface area contributed by atoms with Crippen molar-refractivity contribution in [1.29, 1.82) is 0 Å². The first kappa shape index (κ1) is 19.2. The summed E-state index contributed by atoms with van der Waals surface area (Å²) in [6.07, 6.45) is 12.8. The first-order chi connectivity index (χ1) is 12.8. The van der Waals surface area contributed by atoms with E-state index < -0.39 is 0 Å².